The van der Waals surface area contributed by atoms with Crippen molar-refractivity contribution in [3.05, 3.63) is 17.0 Å². The lowest BCUT2D eigenvalue weighted by atomic mass is 10.0. The quantitative estimate of drug-likeness (QED) is 0.723. The van der Waals surface area contributed by atoms with Crippen molar-refractivity contribution < 1.29 is 14.7 Å². The number of carboxylic acids is 1. The SMILES string of the molecule is Cc1n[nH]c(C)c1CC(=O)NC(C)C(C)C(=O)O. The van der Waals surface area contributed by atoms with Gasteiger partial charge in [-0.15, -0.1) is 0 Å². The van der Waals surface area contributed by atoms with Gasteiger partial charge in [-0.2, -0.15) is 5.10 Å². The minimum atomic E-state index is -0.918. The Morgan fingerprint density at radius 3 is 2.44 bits per heavy atom. The Morgan fingerprint density at radius 1 is 1.39 bits per heavy atom. The zero-order chi connectivity index (χ0) is 13.9. The summed E-state index contributed by atoms with van der Waals surface area (Å²) in [5.74, 6) is -1.72. The molecule has 1 amide bonds. The van der Waals surface area contributed by atoms with Gasteiger partial charge in [-0.3, -0.25) is 14.7 Å². The minimum Gasteiger partial charge on any atom is -0.481 e. The maximum Gasteiger partial charge on any atom is 0.308 e. The first-order valence-electron chi connectivity index (χ1n) is 5.85. The number of nitrogens with one attached hydrogen (secondary N) is 2. The highest BCUT2D eigenvalue weighted by Crippen LogP contribution is 2.10. The summed E-state index contributed by atoms with van der Waals surface area (Å²) in [6.45, 7) is 6.94. The fraction of sp³-hybridized carbons (Fsp3) is 0.583. The van der Waals surface area contributed by atoms with Gasteiger partial charge in [0.1, 0.15) is 0 Å². The van der Waals surface area contributed by atoms with Crippen LogP contribution in [0.1, 0.15) is 30.8 Å². The number of rotatable bonds is 5. The highest BCUT2D eigenvalue weighted by Gasteiger charge is 2.21. The van der Waals surface area contributed by atoms with Gasteiger partial charge in [-0.05, 0) is 27.7 Å². The number of aliphatic carboxylic acids is 1. The molecule has 18 heavy (non-hydrogen) atoms. The van der Waals surface area contributed by atoms with Gasteiger partial charge in [0.2, 0.25) is 5.91 Å². The van der Waals surface area contributed by atoms with Gasteiger partial charge in [-0.25, -0.2) is 0 Å². The maximum absolute atomic E-state index is 11.8. The molecule has 0 aliphatic rings. The molecule has 6 heteroatoms. The second-order valence-corrected chi connectivity index (χ2v) is 4.57. The third kappa shape index (κ3) is 3.32. The second kappa shape index (κ2) is 5.66. The van der Waals surface area contributed by atoms with E-state index in [4.69, 9.17) is 5.11 Å². The number of hydrogen-bond donors (Lipinski definition) is 3. The molecule has 1 rings (SSSR count). The molecule has 2 unspecified atom stereocenters. The standard InChI is InChI=1S/C12H19N3O3/c1-6(12(17)18)7(2)13-11(16)5-10-8(3)14-15-9(10)4/h6-7H,5H2,1-4H3,(H,13,16)(H,14,15)(H,17,18). The Labute approximate surface area is 106 Å². The first kappa shape index (κ1) is 14.2. The van der Waals surface area contributed by atoms with E-state index in [9.17, 15) is 9.59 Å². The number of H-pyrrole nitrogens is 1. The number of aryl methyl sites for hydroxylation is 2. The smallest absolute Gasteiger partial charge is 0.308 e. The van der Waals surface area contributed by atoms with Crippen LogP contribution in [-0.4, -0.2) is 33.2 Å². The van der Waals surface area contributed by atoms with Gasteiger partial charge in [-0.1, -0.05) is 0 Å². The molecule has 2 atom stereocenters. The van der Waals surface area contributed by atoms with Crippen LogP contribution in [0.2, 0.25) is 0 Å². The summed E-state index contributed by atoms with van der Waals surface area (Å²) in [6.07, 6.45) is 0.213. The molecule has 0 saturated heterocycles. The molecule has 0 bridgehead atoms. The molecule has 0 aromatic carbocycles. The number of nitrogens with zero attached hydrogens (tertiary/aromatic N) is 1. The van der Waals surface area contributed by atoms with Crippen LogP contribution in [0.25, 0.3) is 0 Å². The van der Waals surface area contributed by atoms with Gasteiger partial charge in [0.25, 0.3) is 0 Å². The van der Waals surface area contributed by atoms with E-state index in [2.05, 4.69) is 15.5 Å². The van der Waals surface area contributed by atoms with E-state index < -0.39 is 17.9 Å². The number of carboxylic acid groups (broad SMARTS) is 1. The van der Waals surface area contributed by atoms with Gasteiger partial charge < -0.3 is 10.4 Å². The fourth-order valence-corrected chi connectivity index (χ4v) is 1.64. The third-order valence-electron chi connectivity index (χ3n) is 3.15. The molecule has 1 aromatic heterocycles. The van der Waals surface area contributed by atoms with Gasteiger partial charge >= 0.3 is 5.97 Å². The summed E-state index contributed by atoms with van der Waals surface area (Å²) < 4.78 is 0. The Bertz CT molecular complexity index is 434. The van der Waals surface area contributed by atoms with E-state index in [-0.39, 0.29) is 12.3 Å². The number of carbonyl (C=O) groups excluding carboxylic acids is 1. The highest BCUT2D eigenvalue weighted by atomic mass is 16.4. The third-order valence-corrected chi connectivity index (χ3v) is 3.15. The molecule has 1 aromatic rings. The summed E-state index contributed by atoms with van der Waals surface area (Å²) in [5.41, 5.74) is 2.52. The van der Waals surface area contributed by atoms with Crippen molar-refractivity contribution in [2.24, 2.45) is 5.92 Å². The number of hydrogen-bond acceptors (Lipinski definition) is 3. The van der Waals surface area contributed by atoms with E-state index in [0.717, 1.165) is 17.0 Å². The van der Waals surface area contributed by atoms with E-state index >= 15 is 0 Å². The lowest BCUT2D eigenvalue weighted by molar-refractivity contribution is -0.142. The van der Waals surface area contributed by atoms with Crippen LogP contribution in [-0.2, 0) is 16.0 Å². The molecule has 6 nitrogen and oxygen atoms in total. The average Bonchev–Trinajstić information content (AvgIpc) is 2.59. The molecular formula is C12H19N3O3. The summed E-state index contributed by atoms with van der Waals surface area (Å²) in [6, 6.07) is -0.400. The minimum absolute atomic E-state index is 0.191. The lowest BCUT2D eigenvalue weighted by Gasteiger charge is -2.17. The van der Waals surface area contributed by atoms with E-state index in [1.165, 1.54) is 0 Å². The Balaban J connectivity index is 2.60. The molecule has 1 heterocycles. The number of amides is 1. The van der Waals surface area contributed by atoms with Crippen LogP contribution in [0.3, 0.4) is 0 Å². The molecule has 0 spiro atoms. The van der Waals surface area contributed by atoms with Crippen molar-refractivity contribution in [1.29, 1.82) is 0 Å². The average molecular weight is 253 g/mol. The monoisotopic (exact) mass is 253 g/mol. The van der Waals surface area contributed by atoms with Crippen molar-refractivity contribution in [2.45, 2.75) is 40.2 Å². The van der Waals surface area contributed by atoms with E-state index in [1.54, 1.807) is 13.8 Å². The lowest BCUT2D eigenvalue weighted by Crippen LogP contribution is -2.40. The van der Waals surface area contributed by atoms with E-state index in [1.807, 2.05) is 13.8 Å². The van der Waals surface area contributed by atoms with Crippen LogP contribution < -0.4 is 5.32 Å². The molecule has 0 saturated carbocycles. The summed E-state index contributed by atoms with van der Waals surface area (Å²) in [4.78, 5) is 22.6. The van der Waals surface area contributed by atoms with Gasteiger partial charge in [0.15, 0.2) is 0 Å². The normalized spacial score (nSPS) is 14.0. The van der Waals surface area contributed by atoms with Gasteiger partial charge in [0.05, 0.1) is 18.0 Å². The van der Waals surface area contributed by atoms with Crippen molar-refractivity contribution in [3.8, 4) is 0 Å². The fourth-order valence-electron chi connectivity index (χ4n) is 1.64. The van der Waals surface area contributed by atoms with Crippen molar-refractivity contribution in [3.63, 3.8) is 0 Å². The summed E-state index contributed by atoms with van der Waals surface area (Å²) in [5, 5.41) is 18.4. The number of carbonyl (C=O) groups is 2. The largest absolute Gasteiger partial charge is 0.481 e. The molecule has 0 aliphatic carbocycles. The Hall–Kier alpha value is -1.85. The summed E-state index contributed by atoms with van der Waals surface area (Å²) >= 11 is 0. The summed E-state index contributed by atoms with van der Waals surface area (Å²) in [7, 11) is 0. The zero-order valence-corrected chi connectivity index (χ0v) is 11.1. The topological polar surface area (TPSA) is 95.1 Å². The first-order chi connectivity index (χ1) is 8.32. The van der Waals surface area contributed by atoms with Crippen LogP contribution in [0.5, 0.6) is 0 Å². The van der Waals surface area contributed by atoms with Crippen molar-refractivity contribution in [1.82, 2.24) is 15.5 Å². The van der Waals surface area contributed by atoms with Crippen LogP contribution in [0, 0.1) is 19.8 Å². The predicted octanol–water partition coefficient (Wildman–Crippen LogP) is 0.794. The van der Waals surface area contributed by atoms with Crippen LogP contribution in [0.15, 0.2) is 0 Å². The zero-order valence-electron chi connectivity index (χ0n) is 11.1. The van der Waals surface area contributed by atoms with Crippen molar-refractivity contribution in [2.75, 3.05) is 0 Å². The molecule has 0 aliphatic heterocycles. The molecule has 100 valence electrons. The van der Waals surface area contributed by atoms with Crippen LogP contribution >= 0.6 is 0 Å². The number of aromatic amines is 1. The maximum atomic E-state index is 11.8. The Kier molecular flexibility index (Phi) is 4.47. The second-order valence-electron chi connectivity index (χ2n) is 4.57. The molecule has 0 radical (unpaired) electrons. The highest BCUT2D eigenvalue weighted by molar-refractivity contribution is 5.80. The molecular weight excluding hydrogens is 234 g/mol. The van der Waals surface area contributed by atoms with Crippen molar-refractivity contribution >= 4 is 11.9 Å². The molecule has 0 fully saturated rings. The predicted molar refractivity (Wildman–Crippen MR) is 66.2 cm³/mol. The van der Waals surface area contributed by atoms with E-state index in [0.29, 0.717) is 0 Å². The Morgan fingerprint density at radius 2 is 2.00 bits per heavy atom. The number of aromatic nitrogens is 2. The first-order valence-corrected chi connectivity index (χ1v) is 5.85. The van der Waals surface area contributed by atoms with Gasteiger partial charge in [0, 0.05) is 17.3 Å². The van der Waals surface area contributed by atoms with Crippen LogP contribution in [0.4, 0.5) is 0 Å². The molecule has 3 N–H and O–H groups in total.